The van der Waals surface area contributed by atoms with Crippen LogP contribution in [0, 0.1) is 11.7 Å². The highest BCUT2D eigenvalue weighted by Crippen LogP contribution is 2.23. The molecule has 4 heteroatoms. The molecule has 19 heavy (non-hydrogen) atoms. The summed E-state index contributed by atoms with van der Waals surface area (Å²) in [6.45, 7) is 6.89. The van der Waals surface area contributed by atoms with Gasteiger partial charge in [0.15, 0.2) is 0 Å². The fraction of sp³-hybridized carbons (Fsp3) is 0.600. The van der Waals surface area contributed by atoms with Crippen LogP contribution >= 0.6 is 11.6 Å². The van der Waals surface area contributed by atoms with Crippen molar-refractivity contribution in [2.75, 3.05) is 13.7 Å². The van der Waals surface area contributed by atoms with E-state index in [1.54, 1.807) is 6.07 Å². The van der Waals surface area contributed by atoms with Crippen molar-refractivity contribution in [3.63, 3.8) is 0 Å². The molecule has 0 aromatic heterocycles. The quantitative estimate of drug-likeness (QED) is 0.826. The number of halogens is 2. The van der Waals surface area contributed by atoms with Gasteiger partial charge in [0.25, 0.3) is 0 Å². The minimum atomic E-state index is -0.369. The van der Waals surface area contributed by atoms with E-state index >= 15 is 0 Å². The van der Waals surface area contributed by atoms with Crippen molar-refractivity contribution in [3.8, 4) is 0 Å². The minimum absolute atomic E-state index is 0.0781. The van der Waals surface area contributed by atoms with Gasteiger partial charge < -0.3 is 10.1 Å². The average Bonchev–Trinajstić information content (AvgIpc) is 2.38. The molecule has 0 spiro atoms. The standard InChI is InChI=1S/C15H23ClFNO/c1-5-19-15(10(2)3)13(18-4)9-11-7-6-8-12(17)14(11)16/h6-8,10,13,15,18H,5,9H2,1-4H3. The molecule has 0 aliphatic rings. The first kappa shape index (κ1) is 16.4. The Labute approximate surface area is 120 Å². The highest BCUT2D eigenvalue weighted by Gasteiger charge is 2.25. The van der Waals surface area contributed by atoms with Crippen LogP contribution < -0.4 is 5.32 Å². The Morgan fingerprint density at radius 3 is 2.58 bits per heavy atom. The second kappa shape index (κ2) is 7.83. The van der Waals surface area contributed by atoms with Gasteiger partial charge in [0.2, 0.25) is 0 Å². The molecule has 0 heterocycles. The Bertz CT molecular complexity index is 398. The van der Waals surface area contributed by atoms with Crippen molar-refractivity contribution in [2.45, 2.75) is 39.3 Å². The number of hydrogen-bond acceptors (Lipinski definition) is 2. The molecule has 1 aromatic rings. The number of benzene rings is 1. The van der Waals surface area contributed by atoms with Crippen molar-refractivity contribution >= 4 is 11.6 Å². The van der Waals surface area contributed by atoms with E-state index in [1.807, 2.05) is 20.0 Å². The maximum absolute atomic E-state index is 13.5. The second-order valence-corrected chi connectivity index (χ2v) is 5.35. The highest BCUT2D eigenvalue weighted by atomic mass is 35.5. The van der Waals surface area contributed by atoms with Crippen LogP contribution in [0.25, 0.3) is 0 Å². The van der Waals surface area contributed by atoms with Gasteiger partial charge in [-0.3, -0.25) is 0 Å². The molecule has 1 rings (SSSR count). The Hall–Kier alpha value is -0.640. The van der Waals surface area contributed by atoms with Crippen molar-refractivity contribution < 1.29 is 9.13 Å². The zero-order valence-corrected chi connectivity index (χ0v) is 12.8. The Kier molecular flexibility index (Phi) is 6.76. The van der Waals surface area contributed by atoms with Gasteiger partial charge in [0.1, 0.15) is 5.82 Å². The van der Waals surface area contributed by atoms with E-state index in [1.165, 1.54) is 6.07 Å². The molecule has 108 valence electrons. The molecule has 2 unspecified atom stereocenters. The first-order valence-corrected chi connectivity index (χ1v) is 7.10. The largest absolute Gasteiger partial charge is 0.377 e. The molecular formula is C15H23ClFNO. The number of hydrogen-bond donors (Lipinski definition) is 1. The van der Waals surface area contributed by atoms with Crippen molar-refractivity contribution in [3.05, 3.63) is 34.6 Å². The van der Waals surface area contributed by atoms with E-state index in [0.29, 0.717) is 18.9 Å². The SMILES string of the molecule is CCOC(C(C)C)C(Cc1cccc(F)c1Cl)NC. The molecule has 0 saturated carbocycles. The van der Waals surface area contributed by atoms with E-state index in [9.17, 15) is 4.39 Å². The van der Waals surface area contributed by atoms with E-state index in [2.05, 4.69) is 19.2 Å². The topological polar surface area (TPSA) is 21.3 Å². The van der Waals surface area contributed by atoms with Crippen molar-refractivity contribution in [1.82, 2.24) is 5.32 Å². The molecule has 2 nitrogen and oxygen atoms in total. The Morgan fingerprint density at radius 2 is 2.05 bits per heavy atom. The molecule has 0 saturated heterocycles. The smallest absolute Gasteiger partial charge is 0.142 e. The van der Waals surface area contributed by atoms with Crippen LogP contribution in [0.3, 0.4) is 0 Å². The predicted molar refractivity (Wildman–Crippen MR) is 78.2 cm³/mol. The summed E-state index contributed by atoms with van der Waals surface area (Å²) in [6, 6.07) is 5.04. The highest BCUT2D eigenvalue weighted by molar-refractivity contribution is 6.31. The van der Waals surface area contributed by atoms with Crippen LogP contribution in [0.4, 0.5) is 4.39 Å². The van der Waals surface area contributed by atoms with Crippen LogP contribution in [0.1, 0.15) is 26.3 Å². The summed E-state index contributed by atoms with van der Waals surface area (Å²) >= 11 is 6.01. The number of likely N-dealkylation sites (N-methyl/N-ethyl adjacent to an activating group) is 1. The van der Waals surface area contributed by atoms with E-state index in [0.717, 1.165) is 5.56 Å². The molecule has 0 amide bonds. The molecule has 2 atom stereocenters. The zero-order chi connectivity index (χ0) is 14.4. The first-order valence-electron chi connectivity index (χ1n) is 6.73. The van der Waals surface area contributed by atoms with E-state index < -0.39 is 0 Å². The summed E-state index contributed by atoms with van der Waals surface area (Å²) in [5, 5.41) is 3.47. The van der Waals surface area contributed by atoms with Crippen molar-refractivity contribution in [1.29, 1.82) is 0 Å². The molecule has 0 fully saturated rings. The van der Waals surface area contributed by atoms with Gasteiger partial charge in [0, 0.05) is 12.6 Å². The lowest BCUT2D eigenvalue weighted by Crippen LogP contribution is -2.44. The third kappa shape index (κ3) is 4.44. The third-order valence-electron chi connectivity index (χ3n) is 3.25. The van der Waals surface area contributed by atoms with Gasteiger partial charge in [-0.1, -0.05) is 37.6 Å². The summed E-state index contributed by atoms with van der Waals surface area (Å²) < 4.78 is 19.3. The first-order chi connectivity index (χ1) is 9.01. The van der Waals surface area contributed by atoms with Crippen LogP contribution in [-0.2, 0) is 11.2 Å². The van der Waals surface area contributed by atoms with Crippen molar-refractivity contribution in [2.24, 2.45) is 5.92 Å². The van der Waals surface area contributed by atoms with Crippen LogP contribution in [0.5, 0.6) is 0 Å². The summed E-state index contributed by atoms with van der Waals surface area (Å²) in [5.74, 6) is 0.0104. The number of nitrogens with one attached hydrogen (secondary N) is 1. The van der Waals surface area contributed by atoms with Crippen LogP contribution in [-0.4, -0.2) is 25.8 Å². The minimum Gasteiger partial charge on any atom is -0.377 e. The van der Waals surface area contributed by atoms with Crippen LogP contribution in [0.15, 0.2) is 18.2 Å². The van der Waals surface area contributed by atoms with E-state index in [-0.39, 0.29) is 23.0 Å². The lowest BCUT2D eigenvalue weighted by atomic mass is 9.94. The van der Waals surface area contributed by atoms with E-state index in [4.69, 9.17) is 16.3 Å². The summed E-state index contributed by atoms with van der Waals surface area (Å²) in [7, 11) is 1.90. The maximum Gasteiger partial charge on any atom is 0.142 e. The monoisotopic (exact) mass is 287 g/mol. The van der Waals surface area contributed by atoms with Gasteiger partial charge in [-0.2, -0.15) is 0 Å². The number of rotatable bonds is 7. The molecule has 0 bridgehead atoms. The molecular weight excluding hydrogens is 265 g/mol. The summed E-state index contributed by atoms with van der Waals surface area (Å²) in [4.78, 5) is 0. The lowest BCUT2D eigenvalue weighted by Gasteiger charge is -2.30. The van der Waals surface area contributed by atoms with Gasteiger partial charge in [-0.15, -0.1) is 0 Å². The Balaban J connectivity index is 2.88. The predicted octanol–water partition coefficient (Wildman–Crippen LogP) is 3.67. The average molecular weight is 288 g/mol. The van der Waals surface area contributed by atoms with Gasteiger partial charge >= 0.3 is 0 Å². The normalized spacial score (nSPS) is 14.7. The molecule has 1 aromatic carbocycles. The van der Waals surface area contributed by atoms with Gasteiger partial charge in [-0.05, 0) is 37.9 Å². The molecule has 1 N–H and O–H groups in total. The zero-order valence-electron chi connectivity index (χ0n) is 12.0. The molecule has 0 aliphatic heterocycles. The van der Waals surface area contributed by atoms with Gasteiger partial charge in [-0.25, -0.2) is 4.39 Å². The summed E-state index contributed by atoms with van der Waals surface area (Å²) in [5.41, 5.74) is 0.811. The molecule has 0 aliphatic carbocycles. The fourth-order valence-corrected chi connectivity index (χ4v) is 2.49. The second-order valence-electron chi connectivity index (χ2n) is 4.98. The maximum atomic E-state index is 13.5. The Morgan fingerprint density at radius 1 is 1.37 bits per heavy atom. The van der Waals surface area contributed by atoms with Gasteiger partial charge in [0.05, 0.1) is 11.1 Å². The number of ether oxygens (including phenoxy) is 1. The lowest BCUT2D eigenvalue weighted by molar-refractivity contribution is 0.00534. The van der Waals surface area contributed by atoms with Crippen LogP contribution in [0.2, 0.25) is 5.02 Å². The summed E-state index contributed by atoms with van der Waals surface area (Å²) in [6.07, 6.45) is 0.727. The third-order valence-corrected chi connectivity index (χ3v) is 3.68. The molecule has 0 radical (unpaired) electrons. The fourth-order valence-electron chi connectivity index (χ4n) is 2.29.